The average Bonchev–Trinajstić information content (AvgIpc) is 2.94. The van der Waals surface area contributed by atoms with Gasteiger partial charge >= 0.3 is 179 Å². The normalized spacial score (nSPS) is 14.5. The van der Waals surface area contributed by atoms with Crippen molar-refractivity contribution >= 4 is 11.9 Å². The minimum Gasteiger partial charge on any atom is -0.857 e. The van der Waals surface area contributed by atoms with Gasteiger partial charge < -0.3 is 5.11 Å². The first-order valence-electron chi connectivity index (χ1n) is 9.95. The molecule has 0 bridgehead atoms. The van der Waals surface area contributed by atoms with E-state index in [4.69, 9.17) is 11.7 Å². The molecule has 162 valence electrons. The molecular weight excluding hydrogens is 428 g/mol. The van der Waals surface area contributed by atoms with Crippen molar-refractivity contribution in [1.29, 1.82) is 0 Å². The Bertz CT molecular complexity index is 938. The molecule has 5 nitrogen and oxygen atoms in total. The molecule has 3 rings (SSSR count). The van der Waals surface area contributed by atoms with Crippen LogP contribution in [0.25, 0.3) is 0 Å². The third-order valence-corrected chi connectivity index (χ3v) is 9.01. The predicted octanol–water partition coefficient (Wildman–Crippen LogP) is 4.78. The van der Waals surface area contributed by atoms with Gasteiger partial charge in [-0.2, -0.15) is 7.11 Å². The maximum Gasteiger partial charge on any atom is -0.153 e. The Labute approximate surface area is 191 Å². The van der Waals surface area contributed by atoms with Gasteiger partial charge in [-0.05, 0) is 0 Å². The van der Waals surface area contributed by atoms with E-state index in [1.54, 1.807) is 48.5 Å². The van der Waals surface area contributed by atoms with Crippen LogP contribution in [-0.2, 0) is 25.3 Å². The fourth-order valence-corrected chi connectivity index (χ4v) is 6.70. The Morgan fingerprint density at radius 2 is 1.13 bits per heavy atom. The Hall–Kier alpha value is -2.47. The van der Waals surface area contributed by atoms with Crippen LogP contribution in [-0.4, -0.2) is 19.0 Å². The monoisotopic (exact) mass is 456 g/mol. The summed E-state index contributed by atoms with van der Waals surface area (Å²) in [6.07, 6.45) is 0. The minimum absolute atomic E-state index is 0.322. The standard InChI is InChI=1S/C10H15.2C7H6O2.CH3O.Ti/c1-7-6-10(4,5)9(3)8(7)2;2*8-7(9)6-4-2-1-3-5-6;1-2;/h1-5H3;2*1-5H,(H,8,9);1H3;/q;;;-1;+3/p-2. The van der Waals surface area contributed by atoms with Gasteiger partial charge in [0.2, 0.25) is 0 Å². The molecule has 0 N–H and O–H groups in total. The van der Waals surface area contributed by atoms with E-state index in [1.165, 1.54) is 11.1 Å². The number of benzene rings is 2. The Morgan fingerprint density at radius 1 is 0.742 bits per heavy atom. The Morgan fingerprint density at radius 3 is 1.45 bits per heavy atom. The van der Waals surface area contributed by atoms with Gasteiger partial charge in [0.15, 0.2) is 0 Å². The zero-order valence-electron chi connectivity index (χ0n) is 18.8. The largest absolute Gasteiger partial charge is 0.857 e. The summed E-state index contributed by atoms with van der Waals surface area (Å²) in [6.45, 7) is 10.4. The van der Waals surface area contributed by atoms with Crippen LogP contribution < -0.4 is 5.11 Å². The SMILES string of the molecule is CC1=C(C)C(C)(C)[C]([Ti+]([O]C(=O)c2ccccc2)[O]C(=O)c2ccccc2)=C1C.C[O-]. The van der Waals surface area contributed by atoms with Crippen LogP contribution in [0.3, 0.4) is 0 Å². The third-order valence-electron chi connectivity index (χ3n) is 5.66. The van der Waals surface area contributed by atoms with E-state index in [0.29, 0.717) is 11.1 Å². The van der Waals surface area contributed by atoms with Crippen molar-refractivity contribution in [2.45, 2.75) is 34.6 Å². The van der Waals surface area contributed by atoms with Gasteiger partial charge in [0.25, 0.3) is 0 Å². The quantitative estimate of drug-likeness (QED) is 0.606. The fraction of sp³-hybridized carbons (Fsp3) is 0.280. The van der Waals surface area contributed by atoms with Gasteiger partial charge in [-0.1, -0.05) is 0 Å². The summed E-state index contributed by atoms with van der Waals surface area (Å²) in [7, 11) is 0.750. The van der Waals surface area contributed by atoms with Crippen molar-refractivity contribution < 1.29 is 40.0 Å². The summed E-state index contributed by atoms with van der Waals surface area (Å²) in [5.41, 5.74) is 4.01. The number of rotatable bonds is 5. The van der Waals surface area contributed by atoms with Crippen LogP contribution in [0.15, 0.2) is 81.3 Å². The summed E-state index contributed by atoms with van der Waals surface area (Å²) < 4.78 is 12.8. The van der Waals surface area contributed by atoms with Gasteiger partial charge in [-0.25, -0.2) is 0 Å². The molecule has 31 heavy (non-hydrogen) atoms. The van der Waals surface area contributed by atoms with Crippen molar-refractivity contribution in [3.63, 3.8) is 0 Å². The summed E-state index contributed by atoms with van der Waals surface area (Å²) in [5.74, 6) is -0.917. The smallest absolute Gasteiger partial charge is 0.153 e. The van der Waals surface area contributed by atoms with Gasteiger partial charge in [-0.15, -0.1) is 0 Å². The minimum atomic E-state index is -3.21. The van der Waals surface area contributed by atoms with Crippen LogP contribution in [0.5, 0.6) is 0 Å². The second-order valence-electron chi connectivity index (χ2n) is 7.67. The van der Waals surface area contributed by atoms with Crippen molar-refractivity contribution in [3.8, 4) is 0 Å². The zero-order valence-corrected chi connectivity index (χ0v) is 20.4. The molecule has 2 aromatic rings. The Balaban J connectivity index is 0.00000166. The van der Waals surface area contributed by atoms with E-state index < -0.39 is 30.6 Å². The van der Waals surface area contributed by atoms with Crippen LogP contribution in [0, 0.1) is 5.41 Å². The molecule has 0 saturated carbocycles. The van der Waals surface area contributed by atoms with Crippen LogP contribution in [0.2, 0.25) is 0 Å². The van der Waals surface area contributed by atoms with Crippen molar-refractivity contribution in [2.24, 2.45) is 5.41 Å². The molecule has 1 aliphatic rings. The molecule has 1 aliphatic carbocycles. The zero-order chi connectivity index (χ0) is 23.2. The van der Waals surface area contributed by atoms with Crippen molar-refractivity contribution in [2.75, 3.05) is 7.11 Å². The predicted molar refractivity (Wildman–Crippen MR) is 114 cm³/mol. The molecule has 0 atom stereocenters. The molecular formula is C25H28O5Ti. The number of carbonyl (C=O) groups is 2. The number of hydrogen-bond acceptors (Lipinski definition) is 5. The van der Waals surface area contributed by atoms with Gasteiger partial charge in [-0.3, -0.25) is 0 Å². The van der Waals surface area contributed by atoms with E-state index in [2.05, 4.69) is 27.7 Å². The molecule has 0 heterocycles. The third kappa shape index (κ3) is 5.42. The van der Waals surface area contributed by atoms with E-state index in [1.807, 2.05) is 19.1 Å². The number of carbonyl (C=O) groups excluding carboxylic acids is 2. The molecule has 0 radical (unpaired) electrons. The number of hydrogen-bond donors (Lipinski definition) is 0. The van der Waals surface area contributed by atoms with E-state index in [-0.39, 0.29) is 5.41 Å². The Kier molecular flexibility index (Phi) is 8.57. The topological polar surface area (TPSA) is 75.7 Å². The molecule has 0 unspecified atom stereocenters. The first-order valence-corrected chi connectivity index (χ1v) is 12.0. The fourth-order valence-electron chi connectivity index (χ4n) is 3.56. The molecule has 0 saturated heterocycles. The van der Waals surface area contributed by atoms with Crippen molar-refractivity contribution in [3.05, 3.63) is 92.4 Å². The summed E-state index contributed by atoms with van der Waals surface area (Å²) in [5, 5.41) is 8.25. The molecule has 0 spiro atoms. The second-order valence-corrected chi connectivity index (χ2v) is 9.99. The first-order chi connectivity index (χ1) is 14.7. The van der Waals surface area contributed by atoms with E-state index in [9.17, 15) is 9.59 Å². The molecule has 0 aromatic heterocycles. The van der Waals surface area contributed by atoms with Crippen molar-refractivity contribution in [1.82, 2.24) is 0 Å². The second kappa shape index (κ2) is 10.7. The number of allylic oxidation sites excluding steroid dienone is 4. The van der Waals surface area contributed by atoms with E-state index in [0.717, 1.165) is 16.6 Å². The van der Waals surface area contributed by atoms with Gasteiger partial charge in [0.05, 0.1) is 0 Å². The molecule has 0 aliphatic heterocycles. The van der Waals surface area contributed by atoms with Crippen LogP contribution in [0.1, 0.15) is 55.3 Å². The van der Waals surface area contributed by atoms with E-state index >= 15 is 0 Å². The molecule has 6 heteroatoms. The molecule has 0 fully saturated rings. The van der Waals surface area contributed by atoms with Gasteiger partial charge in [0.1, 0.15) is 0 Å². The molecule has 0 amide bonds. The van der Waals surface area contributed by atoms with Crippen LogP contribution >= 0.6 is 0 Å². The summed E-state index contributed by atoms with van der Waals surface area (Å²) >= 11 is -3.21. The summed E-state index contributed by atoms with van der Waals surface area (Å²) in [4.78, 5) is 25.6. The maximum atomic E-state index is 12.8. The average molecular weight is 456 g/mol. The summed E-state index contributed by atoms with van der Waals surface area (Å²) in [6, 6.07) is 17.6. The first kappa shape index (κ1) is 24.8. The maximum absolute atomic E-state index is 12.8. The van der Waals surface area contributed by atoms with Gasteiger partial charge in [0, 0.05) is 0 Å². The molecule has 2 aromatic carbocycles. The van der Waals surface area contributed by atoms with Crippen LogP contribution in [0.4, 0.5) is 0 Å².